The van der Waals surface area contributed by atoms with Gasteiger partial charge in [-0.2, -0.15) is 0 Å². The quantitative estimate of drug-likeness (QED) is 0.0266. The molecule has 0 aliphatic carbocycles. The molecular weight excluding hydrogens is 773 g/mol. The summed E-state index contributed by atoms with van der Waals surface area (Å²) in [5.74, 6) is -0.875. The molecule has 1 aliphatic heterocycles. The molecule has 0 radical (unpaired) electrons. The van der Waals surface area contributed by atoms with Crippen LogP contribution in [0.25, 0.3) is 0 Å². The molecule has 0 amide bonds. The van der Waals surface area contributed by atoms with E-state index in [1.165, 1.54) is 109 Å². The van der Waals surface area contributed by atoms with Gasteiger partial charge in [0, 0.05) is 12.8 Å². The molecule has 10 heteroatoms. The summed E-state index contributed by atoms with van der Waals surface area (Å²) in [6, 6.07) is 0. The molecule has 0 saturated carbocycles. The summed E-state index contributed by atoms with van der Waals surface area (Å²) in [7, 11) is 0. The van der Waals surface area contributed by atoms with Crippen LogP contribution in [-0.2, 0) is 28.5 Å². The Kier molecular flexibility index (Phi) is 38.3. The van der Waals surface area contributed by atoms with Crippen molar-refractivity contribution in [1.82, 2.24) is 0 Å². The van der Waals surface area contributed by atoms with Crippen molar-refractivity contribution in [2.24, 2.45) is 0 Å². The van der Waals surface area contributed by atoms with Gasteiger partial charge in [-0.25, -0.2) is 0 Å². The normalized spacial score (nSPS) is 20.3. The summed E-state index contributed by atoms with van der Waals surface area (Å²) in [6.45, 7) is 3.34. The van der Waals surface area contributed by atoms with E-state index in [-0.39, 0.29) is 26.1 Å². The number of hydrogen-bond donors (Lipinski definition) is 4. The van der Waals surface area contributed by atoms with Crippen LogP contribution in [0.5, 0.6) is 0 Å². The zero-order chi connectivity index (χ0) is 44.4. The van der Waals surface area contributed by atoms with Gasteiger partial charge >= 0.3 is 11.9 Å². The summed E-state index contributed by atoms with van der Waals surface area (Å²) in [6.07, 6.45) is 43.7. The van der Waals surface area contributed by atoms with E-state index >= 15 is 0 Å². The molecule has 4 N–H and O–H groups in total. The zero-order valence-electron chi connectivity index (χ0n) is 38.4. The smallest absolute Gasteiger partial charge is 0.306 e. The van der Waals surface area contributed by atoms with Crippen LogP contribution >= 0.6 is 0 Å². The topological polar surface area (TPSA) is 152 Å². The van der Waals surface area contributed by atoms with Crippen LogP contribution in [0.1, 0.15) is 194 Å². The number of ether oxygens (including phenoxy) is 4. The van der Waals surface area contributed by atoms with Gasteiger partial charge in [0.25, 0.3) is 0 Å². The lowest BCUT2D eigenvalue weighted by Crippen LogP contribution is -2.59. The highest BCUT2D eigenvalue weighted by atomic mass is 16.7. The number of carbonyl (C=O) groups excluding carboxylic acids is 2. The van der Waals surface area contributed by atoms with E-state index in [2.05, 4.69) is 74.6 Å². The standard InChI is InChI=1S/C51H88O10/c1-3-5-7-9-11-13-15-17-19-20-21-22-23-24-26-27-29-31-33-35-37-39-46(53)58-42-44(43-59-51-50(57)49(56)48(55)45(41-52)61-51)60-47(54)40-38-36-34-32-30-28-25-18-16-14-12-10-8-6-4-2/h10,12,19-20,22-23,26-27,31,33,44-45,48-52,55-57H,3-9,11,13-18,21,24-25,28-30,32,34-43H2,1-2H3/b12-10+,20-19+,23-22+,27-26+,33-31+/t44-,45-,48+,49?,50?,51-/m0/s1. The van der Waals surface area contributed by atoms with Crippen molar-refractivity contribution in [2.75, 3.05) is 19.8 Å². The molecule has 0 spiro atoms. The second-order valence-electron chi connectivity index (χ2n) is 16.6. The van der Waals surface area contributed by atoms with Gasteiger partial charge in [0.15, 0.2) is 12.4 Å². The average molecular weight is 861 g/mol. The van der Waals surface area contributed by atoms with Gasteiger partial charge in [0.2, 0.25) is 0 Å². The molecule has 61 heavy (non-hydrogen) atoms. The van der Waals surface area contributed by atoms with E-state index in [9.17, 15) is 30.0 Å². The maximum absolute atomic E-state index is 12.8. The Morgan fingerprint density at radius 3 is 1.49 bits per heavy atom. The minimum atomic E-state index is -1.61. The molecule has 1 aliphatic rings. The number of carbonyl (C=O) groups is 2. The van der Waals surface area contributed by atoms with Crippen molar-refractivity contribution >= 4 is 11.9 Å². The number of allylic oxidation sites excluding steroid dienone is 10. The van der Waals surface area contributed by atoms with Crippen molar-refractivity contribution in [2.45, 2.75) is 230 Å². The minimum absolute atomic E-state index is 0.198. The number of esters is 2. The summed E-state index contributed by atoms with van der Waals surface area (Å²) in [4.78, 5) is 25.4. The molecule has 0 aromatic heterocycles. The Balaban J connectivity index is 2.33. The minimum Gasteiger partial charge on any atom is -0.462 e. The molecule has 1 rings (SSSR count). The van der Waals surface area contributed by atoms with Crippen LogP contribution < -0.4 is 0 Å². The Bertz CT molecular complexity index is 1180. The third-order valence-corrected chi connectivity index (χ3v) is 10.9. The average Bonchev–Trinajstić information content (AvgIpc) is 3.26. The number of unbranched alkanes of at least 4 members (excludes halogenated alkanes) is 19. The highest BCUT2D eigenvalue weighted by molar-refractivity contribution is 5.70. The summed E-state index contributed by atoms with van der Waals surface area (Å²) in [5.41, 5.74) is 0. The summed E-state index contributed by atoms with van der Waals surface area (Å²) < 4.78 is 22.1. The van der Waals surface area contributed by atoms with Crippen LogP contribution in [-0.4, -0.2) is 89.0 Å². The van der Waals surface area contributed by atoms with Crippen LogP contribution in [0.15, 0.2) is 60.8 Å². The maximum Gasteiger partial charge on any atom is 0.306 e. The Morgan fingerprint density at radius 2 is 0.951 bits per heavy atom. The molecule has 0 bridgehead atoms. The first-order valence-corrected chi connectivity index (χ1v) is 24.4. The molecule has 0 aromatic carbocycles. The van der Waals surface area contributed by atoms with Gasteiger partial charge < -0.3 is 39.4 Å². The molecule has 1 heterocycles. The van der Waals surface area contributed by atoms with E-state index in [1.54, 1.807) is 0 Å². The SMILES string of the molecule is CCCC/C=C/CCCCCCCCCCCC(=O)O[C@@H](COC(=O)CCC/C=C/C/C=C/C/C=C/C/C=C/CCCCCCCCC)CO[C@H]1O[C@@H](CO)[C@@H](O)C(O)C1O. The molecule has 352 valence electrons. The predicted molar refractivity (Wildman–Crippen MR) is 247 cm³/mol. The lowest BCUT2D eigenvalue weighted by molar-refractivity contribution is -0.305. The maximum atomic E-state index is 12.8. The largest absolute Gasteiger partial charge is 0.462 e. The summed E-state index contributed by atoms with van der Waals surface area (Å²) >= 11 is 0. The number of aliphatic hydroxyl groups excluding tert-OH is 4. The fraction of sp³-hybridized carbons (Fsp3) is 0.765. The zero-order valence-corrected chi connectivity index (χ0v) is 38.4. The third-order valence-electron chi connectivity index (χ3n) is 10.9. The second kappa shape index (κ2) is 41.4. The lowest BCUT2D eigenvalue weighted by atomic mass is 9.99. The molecule has 1 saturated heterocycles. The Morgan fingerprint density at radius 1 is 0.508 bits per heavy atom. The second-order valence-corrected chi connectivity index (χ2v) is 16.6. The van der Waals surface area contributed by atoms with E-state index in [0.29, 0.717) is 12.8 Å². The number of rotatable bonds is 40. The Hall–Kier alpha value is -2.60. The first-order valence-electron chi connectivity index (χ1n) is 24.4. The van der Waals surface area contributed by atoms with E-state index < -0.39 is 55.4 Å². The van der Waals surface area contributed by atoms with Crippen LogP contribution in [0.2, 0.25) is 0 Å². The van der Waals surface area contributed by atoms with Gasteiger partial charge in [-0.05, 0) is 70.6 Å². The van der Waals surface area contributed by atoms with E-state index in [1.807, 2.05) is 0 Å². The van der Waals surface area contributed by atoms with Gasteiger partial charge in [-0.3, -0.25) is 9.59 Å². The number of hydrogen-bond acceptors (Lipinski definition) is 10. The van der Waals surface area contributed by atoms with Gasteiger partial charge in [0.05, 0.1) is 13.2 Å². The fourth-order valence-corrected chi connectivity index (χ4v) is 6.99. The lowest BCUT2D eigenvalue weighted by Gasteiger charge is -2.39. The first-order chi connectivity index (χ1) is 29.8. The first kappa shape index (κ1) is 56.4. The molecular formula is C51H88O10. The summed E-state index contributed by atoms with van der Waals surface area (Å²) in [5, 5.41) is 40.1. The molecule has 10 nitrogen and oxygen atoms in total. The molecule has 6 atom stereocenters. The van der Waals surface area contributed by atoms with Gasteiger partial charge in [0.1, 0.15) is 31.0 Å². The predicted octanol–water partition coefficient (Wildman–Crippen LogP) is 11.0. The Labute approximate surface area is 370 Å². The van der Waals surface area contributed by atoms with Crippen molar-refractivity contribution in [3.8, 4) is 0 Å². The molecule has 0 aromatic rings. The third kappa shape index (κ3) is 32.7. The monoisotopic (exact) mass is 861 g/mol. The molecule has 2 unspecified atom stereocenters. The van der Waals surface area contributed by atoms with Crippen molar-refractivity contribution in [1.29, 1.82) is 0 Å². The van der Waals surface area contributed by atoms with Gasteiger partial charge in [-0.1, -0.05) is 171 Å². The highest BCUT2D eigenvalue weighted by Crippen LogP contribution is 2.22. The van der Waals surface area contributed by atoms with Crippen molar-refractivity contribution in [3.05, 3.63) is 60.8 Å². The van der Waals surface area contributed by atoms with Crippen LogP contribution in [0.4, 0.5) is 0 Å². The highest BCUT2D eigenvalue weighted by Gasteiger charge is 2.44. The van der Waals surface area contributed by atoms with Crippen LogP contribution in [0.3, 0.4) is 0 Å². The van der Waals surface area contributed by atoms with E-state index in [0.717, 1.165) is 44.9 Å². The molecule has 1 fully saturated rings. The van der Waals surface area contributed by atoms with Crippen molar-refractivity contribution in [3.63, 3.8) is 0 Å². The fourth-order valence-electron chi connectivity index (χ4n) is 6.99. The van der Waals surface area contributed by atoms with E-state index in [4.69, 9.17) is 18.9 Å². The van der Waals surface area contributed by atoms with Crippen molar-refractivity contribution < 1.29 is 49.0 Å². The van der Waals surface area contributed by atoms with Crippen LogP contribution in [0, 0.1) is 0 Å². The van der Waals surface area contributed by atoms with Gasteiger partial charge in [-0.15, -0.1) is 0 Å². The number of aliphatic hydroxyl groups is 4.